The zero-order valence-electron chi connectivity index (χ0n) is 15.0. The van der Waals surface area contributed by atoms with Crippen LogP contribution in [0.4, 0.5) is 11.4 Å². The second-order valence-electron chi connectivity index (χ2n) is 5.83. The van der Waals surface area contributed by atoms with E-state index in [1.807, 2.05) is 31.2 Å². The molecule has 0 atom stereocenters. The van der Waals surface area contributed by atoms with Crippen LogP contribution in [0.2, 0.25) is 0 Å². The molecule has 2 aromatic carbocycles. The summed E-state index contributed by atoms with van der Waals surface area (Å²) in [5.74, 6) is 0.403. The van der Waals surface area contributed by atoms with Crippen LogP contribution in [0.1, 0.15) is 17.3 Å². The van der Waals surface area contributed by atoms with Crippen molar-refractivity contribution in [3.05, 3.63) is 66.2 Å². The predicted molar refractivity (Wildman–Crippen MR) is 104 cm³/mol. The van der Waals surface area contributed by atoms with Crippen LogP contribution in [0.3, 0.4) is 0 Å². The van der Waals surface area contributed by atoms with E-state index in [9.17, 15) is 9.59 Å². The zero-order chi connectivity index (χ0) is 18.9. The summed E-state index contributed by atoms with van der Waals surface area (Å²) in [7, 11) is 1.57. The summed E-state index contributed by atoms with van der Waals surface area (Å²) < 4.78 is 5.53. The summed E-state index contributed by atoms with van der Waals surface area (Å²) in [5.41, 5.74) is 2.94. The van der Waals surface area contributed by atoms with Gasteiger partial charge in [0, 0.05) is 24.0 Å². The Bertz CT molecular complexity index is 768. The first-order chi connectivity index (χ1) is 12.5. The van der Waals surface area contributed by atoms with Crippen molar-refractivity contribution in [2.24, 2.45) is 0 Å². The Morgan fingerprint density at radius 3 is 2.19 bits per heavy atom. The highest BCUT2D eigenvalue weighted by atomic mass is 16.5. The van der Waals surface area contributed by atoms with Gasteiger partial charge in [0.05, 0.1) is 6.54 Å². The summed E-state index contributed by atoms with van der Waals surface area (Å²) >= 11 is 0. The molecule has 0 heterocycles. The van der Waals surface area contributed by atoms with Crippen LogP contribution >= 0.6 is 0 Å². The largest absolute Gasteiger partial charge is 0.489 e. The number of nitrogens with one attached hydrogen (secondary N) is 3. The maximum Gasteiger partial charge on any atom is 0.251 e. The fraction of sp³-hybridized carbons (Fsp3) is 0.200. The number of anilines is 2. The number of carbonyl (C=O) groups excluding carboxylic acids is 2. The number of ether oxygens (including phenoxy) is 1. The third kappa shape index (κ3) is 5.98. The van der Waals surface area contributed by atoms with Gasteiger partial charge in [-0.2, -0.15) is 0 Å². The average molecular weight is 353 g/mol. The SMILES string of the molecule is C=C(C)COc1ccc(NCC(=O)Nc2ccc(C(=O)NC)cc2)cc1. The summed E-state index contributed by atoms with van der Waals surface area (Å²) in [4.78, 5) is 23.5. The molecule has 2 aromatic rings. The summed E-state index contributed by atoms with van der Waals surface area (Å²) in [6, 6.07) is 14.1. The van der Waals surface area contributed by atoms with E-state index < -0.39 is 0 Å². The molecule has 0 aliphatic rings. The van der Waals surface area contributed by atoms with Crippen LogP contribution < -0.4 is 20.7 Å². The molecular formula is C20H23N3O3. The Hall–Kier alpha value is -3.28. The van der Waals surface area contributed by atoms with Gasteiger partial charge in [0.2, 0.25) is 5.91 Å². The second kappa shape index (κ2) is 9.27. The van der Waals surface area contributed by atoms with Gasteiger partial charge in [-0.05, 0) is 61.0 Å². The number of hydrogen-bond acceptors (Lipinski definition) is 4. The van der Waals surface area contributed by atoms with E-state index in [0.717, 1.165) is 17.0 Å². The second-order valence-corrected chi connectivity index (χ2v) is 5.83. The number of benzene rings is 2. The summed E-state index contributed by atoms with van der Waals surface area (Å²) in [5, 5.41) is 8.37. The van der Waals surface area contributed by atoms with Gasteiger partial charge in [0.1, 0.15) is 12.4 Å². The molecule has 6 nitrogen and oxygen atoms in total. The van der Waals surface area contributed by atoms with Crippen molar-refractivity contribution in [2.75, 3.05) is 30.8 Å². The Morgan fingerprint density at radius 2 is 1.62 bits per heavy atom. The average Bonchev–Trinajstić information content (AvgIpc) is 2.65. The van der Waals surface area contributed by atoms with Crippen LogP contribution in [0.15, 0.2) is 60.7 Å². The maximum atomic E-state index is 12.0. The van der Waals surface area contributed by atoms with Gasteiger partial charge in [-0.1, -0.05) is 6.58 Å². The van der Waals surface area contributed by atoms with Gasteiger partial charge in [-0.15, -0.1) is 0 Å². The van der Waals surface area contributed by atoms with E-state index in [-0.39, 0.29) is 18.4 Å². The number of hydrogen-bond donors (Lipinski definition) is 3. The minimum Gasteiger partial charge on any atom is -0.489 e. The molecule has 0 unspecified atom stereocenters. The lowest BCUT2D eigenvalue weighted by Gasteiger charge is -2.10. The molecule has 0 bridgehead atoms. The smallest absolute Gasteiger partial charge is 0.251 e. The van der Waals surface area contributed by atoms with Crippen molar-refractivity contribution in [1.29, 1.82) is 0 Å². The van der Waals surface area contributed by atoms with Crippen LogP contribution in [0.5, 0.6) is 5.75 Å². The Kier molecular flexibility index (Phi) is 6.79. The van der Waals surface area contributed by atoms with Crippen molar-refractivity contribution < 1.29 is 14.3 Å². The van der Waals surface area contributed by atoms with Crippen LogP contribution in [0.25, 0.3) is 0 Å². The van der Waals surface area contributed by atoms with Crippen LogP contribution in [-0.2, 0) is 4.79 Å². The number of rotatable bonds is 8. The van der Waals surface area contributed by atoms with Gasteiger partial charge in [0.25, 0.3) is 5.91 Å². The fourth-order valence-electron chi connectivity index (χ4n) is 2.11. The minimum atomic E-state index is -0.180. The highest BCUT2D eigenvalue weighted by molar-refractivity contribution is 5.96. The molecule has 6 heteroatoms. The monoisotopic (exact) mass is 353 g/mol. The molecule has 0 radical (unpaired) electrons. The van der Waals surface area contributed by atoms with Crippen molar-refractivity contribution in [2.45, 2.75) is 6.92 Å². The van der Waals surface area contributed by atoms with E-state index in [1.54, 1.807) is 31.3 Å². The maximum absolute atomic E-state index is 12.0. The van der Waals surface area contributed by atoms with Gasteiger partial charge < -0.3 is 20.7 Å². The molecule has 0 aliphatic heterocycles. The van der Waals surface area contributed by atoms with E-state index in [2.05, 4.69) is 22.5 Å². The molecule has 2 amide bonds. The molecule has 0 saturated carbocycles. The van der Waals surface area contributed by atoms with Crippen molar-refractivity contribution in [3.8, 4) is 5.75 Å². The van der Waals surface area contributed by atoms with E-state index in [1.165, 1.54) is 0 Å². The fourth-order valence-corrected chi connectivity index (χ4v) is 2.11. The molecule has 0 spiro atoms. The molecule has 3 N–H and O–H groups in total. The van der Waals surface area contributed by atoms with Gasteiger partial charge >= 0.3 is 0 Å². The predicted octanol–water partition coefficient (Wildman–Crippen LogP) is 3.05. The third-order valence-electron chi connectivity index (χ3n) is 3.45. The zero-order valence-corrected chi connectivity index (χ0v) is 15.0. The molecule has 26 heavy (non-hydrogen) atoms. The highest BCUT2D eigenvalue weighted by Crippen LogP contribution is 2.16. The lowest BCUT2D eigenvalue weighted by atomic mass is 10.2. The van der Waals surface area contributed by atoms with Gasteiger partial charge in [-0.25, -0.2) is 0 Å². The quantitative estimate of drug-likeness (QED) is 0.637. The summed E-state index contributed by atoms with van der Waals surface area (Å²) in [6.45, 7) is 6.30. The standard InChI is InChI=1S/C20H23N3O3/c1-14(2)13-26-18-10-8-16(9-11-18)22-12-19(24)23-17-6-4-15(5-7-17)20(25)21-3/h4-11,22H,1,12-13H2,2-3H3,(H,21,25)(H,23,24). The Balaban J connectivity index is 1.81. The molecule has 0 saturated heterocycles. The molecular weight excluding hydrogens is 330 g/mol. The Labute approximate surface area is 153 Å². The van der Waals surface area contributed by atoms with Crippen molar-refractivity contribution in [3.63, 3.8) is 0 Å². The molecule has 0 aromatic heterocycles. The van der Waals surface area contributed by atoms with Crippen molar-refractivity contribution in [1.82, 2.24) is 5.32 Å². The third-order valence-corrected chi connectivity index (χ3v) is 3.45. The lowest BCUT2D eigenvalue weighted by molar-refractivity contribution is -0.114. The molecule has 2 rings (SSSR count). The highest BCUT2D eigenvalue weighted by Gasteiger charge is 2.05. The molecule has 136 valence electrons. The first-order valence-corrected chi connectivity index (χ1v) is 8.21. The molecule has 0 aliphatic carbocycles. The summed E-state index contributed by atoms with van der Waals surface area (Å²) in [6.07, 6.45) is 0. The van der Waals surface area contributed by atoms with Crippen molar-refractivity contribution >= 4 is 23.2 Å². The van der Waals surface area contributed by atoms with E-state index in [0.29, 0.717) is 17.9 Å². The number of carbonyl (C=O) groups is 2. The Morgan fingerprint density at radius 1 is 1.00 bits per heavy atom. The van der Waals surface area contributed by atoms with E-state index >= 15 is 0 Å². The van der Waals surface area contributed by atoms with Gasteiger partial charge in [-0.3, -0.25) is 9.59 Å². The van der Waals surface area contributed by atoms with Crippen LogP contribution in [0, 0.1) is 0 Å². The first kappa shape index (κ1) is 19.1. The lowest BCUT2D eigenvalue weighted by Crippen LogP contribution is -2.22. The van der Waals surface area contributed by atoms with Crippen LogP contribution in [-0.4, -0.2) is 32.0 Å². The first-order valence-electron chi connectivity index (χ1n) is 8.21. The minimum absolute atomic E-state index is 0.128. The number of amides is 2. The topological polar surface area (TPSA) is 79.5 Å². The normalized spacial score (nSPS) is 9.92. The van der Waals surface area contributed by atoms with Gasteiger partial charge in [0.15, 0.2) is 0 Å². The molecule has 0 fully saturated rings. The van der Waals surface area contributed by atoms with E-state index in [4.69, 9.17) is 4.74 Å².